The molecule has 122 valence electrons. The summed E-state index contributed by atoms with van der Waals surface area (Å²) in [6.07, 6.45) is 0. The Morgan fingerprint density at radius 1 is 1.39 bits per heavy atom. The molecule has 0 saturated heterocycles. The molecular weight excluding hydrogens is 321 g/mol. The molecule has 7 heteroatoms. The number of aliphatic carboxylic acids is 1. The first-order valence-electron chi connectivity index (χ1n) is 6.78. The molecule has 1 aromatic heterocycles. The average molecular weight is 337 g/mol. The van der Waals surface area contributed by atoms with E-state index < -0.39 is 23.7 Å². The number of carbonyl (C=O) groups excluding carboxylic acids is 1. The fourth-order valence-corrected chi connectivity index (χ4v) is 2.87. The van der Waals surface area contributed by atoms with Gasteiger partial charge in [-0.05, 0) is 41.1 Å². The van der Waals surface area contributed by atoms with Crippen molar-refractivity contribution in [2.75, 3.05) is 7.11 Å². The van der Waals surface area contributed by atoms with Crippen molar-refractivity contribution in [1.29, 1.82) is 0 Å². The minimum Gasteiger partial charge on any atom is -0.479 e. The largest absolute Gasteiger partial charge is 0.479 e. The minimum absolute atomic E-state index is 0.318. The molecule has 2 rings (SSSR count). The van der Waals surface area contributed by atoms with Crippen LogP contribution in [0.4, 0.5) is 4.39 Å². The highest BCUT2D eigenvalue weighted by molar-refractivity contribution is 7.12. The number of carbonyl (C=O) groups is 2. The second-order valence-corrected chi connectivity index (χ2v) is 5.92. The van der Waals surface area contributed by atoms with E-state index in [0.717, 1.165) is 5.56 Å². The van der Waals surface area contributed by atoms with Crippen LogP contribution in [0.1, 0.15) is 32.4 Å². The van der Waals surface area contributed by atoms with Crippen molar-refractivity contribution in [1.82, 2.24) is 5.32 Å². The summed E-state index contributed by atoms with van der Waals surface area (Å²) >= 11 is 1.21. The third kappa shape index (κ3) is 4.14. The van der Waals surface area contributed by atoms with Crippen molar-refractivity contribution in [3.8, 4) is 0 Å². The van der Waals surface area contributed by atoms with Gasteiger partial charge in [0.2, 0.25) is 0 Å². The van der Waals surface area contributed by atoms with Gasteiger partial charge in [0.25, 0.3) is 5.91 Å². The number of rotatable bonds is 6. The topological polar surface area (TPSA) is 75.6 Å². The lowest BCUT2D eigenvalue weighted by molar-refractivity contribution is -0.139. The predicted molar refractivity (Wildman–Crippen MR) is 84.0 cm³/mol. The van der Waals surface area contributed by atoms with E-state index in [4.69, 9.17) is 4.74 Å². The Morgan fingerprint density at radius 3 is 2.74 bits per heavy atom. The van der Waals surface area contributed by atoms with E-state index in [1.165, 1.54) is 36.5 Å². The lowest BCUT2D eigenvalue weighted by Gasteiger charge is -2.15. The third-order valence-corrected chi connectivity index (χ3v) is 4.20. The number of aryl methyl sites for hydroxylation is 1. The molecule has 0 aliphatic rings. The highest BCUT2D eigenvalue weighted by Gasteiger charge is 2.24. The van der Waals surface area contributed by atoms with E-state index in [0.29, 0.717) is 22.6 Å². The van der Waals surface area contributed by atoms with Gasteiger partial charge < -0.3 is 15.2 Å². The lowest BCUT2D eigenvalue weighted by atomic mass is 10.0. The first-order chi connectivity index (χ1) is 10.9. The van der Waals surface area contributed by atoms with E-state index in [1.807, 2.05) is 0 Å². The Hall–Kier alpha value is -2.25. The van der Waals surface area contributed by atoms with Crippen LogP contribution in [-0.4, -0.2) is 24.1 Å². The smallest absolute Gasteiger partial charge is 0.330 e. The van der Waals surface area contributed by atoms with E-state index in [2.05, 4.69) is 5.32 Å². The van der Waals surface area contributed by atoms with E-state index >= 15 is 0 Å². The van der Waals surface area contributed by atoms with Crippen molar-refractivity contribution in [3.63, 3.8) is 0 Å². The van der Waals surface area contributed by atoms with Gasteiger partial charge in [0.15, 0.2) is 6.04 Å². The Kier molecular flexibility index (Phi) is 5.46. The molecule has 1 amide bonds. The Morgan fingerprint density at radius 2 is 2.13 bits per heavy atom. The van der Waals surface area contributed by atoms with E-state index in [-0.39, 0.29) is 0 Å². The number of ether oxygens (including phenoxy) is 1. The van der Waals surface area contributed by atoms with Crippen molar-refractivity contribution >= 4 is 23.2 Å². The summed E-state index contributed by atoms with van der Waals surface area (Å²) in [5, 5.41) is 13.6. The van der Waals surface area contributed by atoms with Gasteiger partial charge in [0, 0.05) is 7.11 Å². The van der Waals surface area contributed by atoms with Crippen LogP contribution in [0.25, 0.3) is 0 Å². The quantitative estimate of drug-likeness (QED) is 0.850. The van der Waals surface area contributed by atoms with Crippen molar-refractivity contribution in [3.05, 3.63) is 57.0 Å². The molecule has 0 bridgehead atoms. The number of amides is 1. The van der Waals surface area contributed by atoms with Gasteiger partial charge in [0.1, 0.15) is 5.82 Å². The molecule has 23 heavy (non-hydrogen) atoms. The molecule has 5 nitrogen and oxygen atoms in total. The van der Waals surface area contributed by atoms with Crippen LogP contribution in [0.2, 0.25) is 0 Å². The maximum absolute atomic E-state index is 13.3. The van der Waals surface area contributed by atoms with E-state index in [9.17, 15) is 19.1 Å². The maximum Gasteiger partial charge on any atom is 0.330 e. The molecule has 0 fully saturated rings. The molecule has 0 radical (unpaired) electrons. The number of benzene rings is 1. The Labute approximate surface area is 136 Å². The lowest BCUT2D eigenvalue weighted by Crippen LogP contribution is -2.33. The van der Waals surface area contributed by atoms with Crippen LogP contribution in [0.3, 0.4) is 0 Å². The van der Waals surface area contributed by atoms with Crippen LogP contribution in [0.15, 0.2) is 29.6 Å². The van der Waals surface area contributed by atoms with Crippen molar-refractivity contribution in [2.24, 2.45) is 0 Å². The molecule has 0 aliphatic heterocycles. The summed E-state index contributed by atoms with van der Waals surface area (Å²) in [5.41, 5.74) is 1.48. The number of carboxylic acid groups (broad SMARTS) is 1. The highest BCUT2D eigenvalue weighted by atomic mass is 32.1. The third-order valence-electron chi connectivity index (χ3n) is 3.23. The van der Waals surface area contributed by atoms with E-state index in [1.54, 1.807) is 18.6 Å². The molecule has 0 spiro atoms. The second kappa shape index (κ2) is 7.34. The number of methoxy groups -OCH3 is 1. The molecule has 1 heterocycles. The number of nitrogens with one attached hydrogen (secondary N) is 1. The molecular formula is C16H16FNO4S. The SMILES string of the molecule is COCc1csc(C(=O)NC(C(=O)O)c2ccc(F)c(C)c2)c1. The number of hydrogen-bond donors (Lipinski definition) is 2. The fraction of sp³-hybridized carbons (Fsp3) is 0.250. The Balaban J connectivity index is 2.19. The normalized spacial score (nSPS) is 12.0. The summed E-state index contributed by atoms with van der Waals surface area (Å²) < 4.78 is 18.3. The molecule has 2 aromatic rings. The van der Waals surface area contributed by atoms with Gasteiger partial charge in [-0.25, -0.2) is 9.18 Å². The standard InChI is InChI=1S/C16H16FNO4S/c1-9-5-11(3-4-12(9)17)14(16(20)21)18-15(19)13-6-10(7-22-2)8-23-13/h3-6,8,14H,7H2,1-2H3,(H,18,19)(H,20,21). The first kappa shape index (κ1) is 17.1. The summed E-state index contributed by atoms with van der Waals surface area (Å²) in [4.78, 5) is 24.1. The zero-order valence-corrected chi connectivity index (χ0v) is 13.4. The first-order valence-corrected chi connectivity index (χ1v) is 7.66. The maximum atomic E-state index is 13.3. The zero-order chi connectivity index (χ0) is 17.0. The zero-order valence-electron chi connectivity index (χ0n) is 12.6. The summed E-state index contributed by atoms with van der Waals surface area (Å²) in [6, 6.07) is 4.37. The number of thiophene rings is 1. The van der Waals surface area contributed by atoms with Gasteiger partial charge >= 0.3 is 5.97 Å². The molecule has 1 atom stereocenters. The number of halogens is 1. The van der Waals surface area contributed by atoms with Crippen LogP contribution < -0.4 is 5.32 Å². The monoisotopic (exact) mass is 337 g/mol. The number of carboxylic acids is 1. The summed E-state index contributed by atoms with van der Waals surface area (Å²) in [6.45, 7) is 1.92. The fourth-order valence-electron chi connectivity index (χ4n) is 2.07. The second-order valence-electron chi connectivity index (χ2n) is 5.01. The average Bonchev–Trinajstić information content (AvgIpc) is 2.96. The summed E-state index contributed by atoms with van der Waals surface area (Å²) in [7, 11) is 1.55. The molecule has 0 aliphatic carbocycles. The van der Waals surface area contributed by atoms with Crippen LogP contribution >= 0.6 is 11.3 Å². The number of hydrogen-bond acceptors (Lipinski definition) is 4. The van der Waals surface area contributed by atoms with Gasteiger partial charge in [-0.3, -0.25) is 4.79 Å². The molecule has 1 unspecified atom stereocenters. The van der Waals surface area contributed by atoms with Crippen LogP contribution in [0, 0.1) is 12.7 Å². The molecule has 0 saturated carbocycles. The van der Waals surface area contributed by atoms with Gasteiger partial charge in [-0.1, -0.05) is 12.1 Å². The molecule has 2 N–H and O–H groups in total. The van der Waals surface area contributed by atoms with Gasteiger partial charge in [-0.2, -0.15) is 0 Å². The Bertz CT molecular complexity index is 729. The van der Waals surface area contributed by atoms with Crippen LogP contribution in [-0.2, 0) is 16.1 Å². The van der Waals surface area contributed by atoms with Gasteiger partial charge in [0.05, 0.1) is 11.5 Å². The van der Waals surface area contributed by atoms with Gasteiger partial charge in [-0.15, -0.1) is 11.3 Å². The van der Waals surface area contributed by atoms with Crippen molar-refractivity contribution < 1.29 is 23.8 Å². The summed E-state index contributed by atoms with van der Waals surface area (Å²) in [5.74, 6) is -2.13. The highest BCUT2D eigenvalue weighted by Crippen LogP contribution is 2.20. The minimum atomic E-state index is -1.24. The van der Waals surface area contributed by atoms with Crippen molar-refractivity contribution in [2.45, 2.75) is 19.6 Å². The molecule has 1 aromatic carbocycles. The van der Waals surface area contributed by atoms with Crippen LogP contribution in [0.5, 0.6) is 0 Å². The predicted octanol–water partition coefficient (Wildman–Crippen LogP) is 2.90.